The minimum absolute atomic E-state index is 0.400. The molecule has 0 fully saturated rings. The SMILES string of the molecule is COC(=O)c1cccc(N(C)Cc2ccsc2)c1N. The first kappa shape index (κ1) is 13.4. The van der Waals surface area contributed by atoms with Crippen molar-refractivity contribution >= 4 is 28.7 Å². The second kappa shape index (κ2) is 5.75. The molecular weight excluding hydrogens is 260 g/mol. The van der Waals surface area contributed by atoms with Crippen molar-refractivity contribution in [3.05, 3.63) is 46.2 Å². The maximum atomic E-state index is 11.6. The first-order valence-corrected chi connectivity index (χ1v) is 6.76. The van der Waals surface area contributed by atoms with E-state index in [0.717, 1.165) is 12.2 Å². The van der Waals surface area contributed by atoms with Crippen molar-refractivity contribution in [2.75, 3.05) is 24.8 Å². The largest absolute Gasteiger partial charge is 0.465 e. The molecular formula is C14H16N2O2S. The van der Waals surface area contributed by atoms with Gasteiger partial charge in [-0.1, -0.05) is 6.07 Å². The van der Waals surface area contributed by atoms with Gasteiger partial charge >= 0.3 is 5.97 Å². The van der Waals surface area contributed by atoms with Crippen LogP contribution in [0.1, 0.15) is 15.9 Å². The van der Waals surface area contributed by atoms with Gasteiger partial charge in [-0.2, -0.15) is 11.3 Å². The van der Waals surface area contributed by atoms with Gasteiger partial charge in [0.25, 0.3) is 0 Å². The standard InChI is InChI=1S/C14H16N2O2S/c1-16(8-10-6-7-19-9-10)12-5-3-4-11(13(12)15)14(17)18-2/h3-7,9H,8,15H2,1-2H3. The Kier molecular flexibility index (Phi) is 4.06. The van der Waals surface area contributed by atoms with Gasteiger partial charge in [0.15, 0.2) is 0 Å². The van der Waals surface area contributed by atoms with Crippen LogP contribution in [0.25, 0.3) is 0 Å². The van der Waals surface area contributed by atoms with Gasteiger partial charge in [-0.3, -0.25) is 0 Å². The van der Waals surface area contributed by atoms with Crippen LogP contribution in [0, 0.1) is 0 Å². The zero-order valence-corrected chi connectivity index (χ0v) is 11.7. The van der Waals surface area contributed by atoms with E-state index in [1.807, 2.05) is 29.5 Å². The zero-order valence-electron chi connectivity index (χ0n) is 10.9. The average Bonchev–Trinajstić information content (AvgIpc) is 2.90. The van der Waals surface area contributed by atoms with Gasteiger partial charge in [0.05, 0.1) is 24.0 Å². The fourth-order valence-electron chi connectivity index (χ4n) is 1.92. The highest BCUT2D eigenvalue weighted by Gasteiger charge is 2.15. The van der Waals surface area contributed by atoms with E-state index in [1.54, 1.807) is 17.4 Å². The Labute approximate surface area is 116 Å². The van der Waals surface area contributed by atoms with E-state index in [4.69, 9.17) is 10.5 Å². The van der Waals surface area contributed by atoms with Crippen LogP contribution in [0.5, 0.6) is 0 Å². The Bertz CT molecular complexity index is 567. The highest BCUT2D eigenvalue weighted by Crippen LogP contribution is 2.27. The summed E-state index contributed by atoms with van der Waals surface area (Å²) in [5.41, 5.74) is 8.95. The summed E-state index contributed by atoms with van der Waals surface area (Å²) in [7, 11) is 3.30. The van der Waals surface area contributed by atoms with Gasteiger partial charge in [0, 0.05) is 13.6 Å². The molecule has 1 heterocycles. The molecule has 0 saturated carbocycles. The summed E-state index contributed by atoms with van der Waals surface area (Å²) < 4.78 is 4.72. The predicted octanol–water partition coefficient (Wildman–Crippen LogP) is 2.75. The number of anilines is 2. The van der Waals surface area contributed by atoms with E-state index < -0.39 is 5.97 Å². The minimum atomic E-state index is -0.414. The van der Waals surface area contributed by atoms with Crippen LogP contribution in [-0.4, -0.2) is 20.1 Å². The third kappa shape index (κ3) is 2.88. The van der Waals surface area contributed by atoms with Crippen molar-refractivity contribution < 1.29 is 9.53 Å². The number of ether oxygens (including phenoxy) is 1. The third-order valence-corrected chi connectivity index (χ3v) is 3.63. The highest BCUT2D eigenvalue weighted by molar-refractivity contribution is 7.07. The number of methoxy groups -OCH3 is 1. The van der Waals surface area contributed by atoms with Crippen molar-refractivity contribution in [3.8, 4) is 0 Å². The summed E-state index contributed by atoms with van der Waals surface area (Å²) in [6.07, 6.45) is 0. The molecule has 0 radical (unpaired) electrons. The van der Waals surface area contributed by atoms with Crippen LogP contribution in [0.2, 0.25) is 0 Å². The van der Waals surface area contributed by atoms with E-state index in [-0.39, 0.29) is 0 Å². The quantitative estimate of drug-likeness (QED) is 0.689. The van der Waals surface area contributed by atoms with Gasteiger partial charge < -0.3 is 15.4 Å². The first-order valence-electron chi connectivity index (χ1n) is 5.82. The number of esters is 1. The highest BCUT2D eigenvalue weighted by atomic mass is 32.1. The second-order valence-corrected chi connectivity index (χ2v) is 5.00. The summed E-state index contributed by atoms with van der Waals surface area (Å²) in [6.45, 7) is 0.748. The number of hydrogen-bond acceptors (Lipinski definition) is 5. The molecule has 2 rings (SSSR count). The van der Waals surface area contributed by atoms with E-state index in [2.05, 4.69) is 11.4 Å². The Morgan fingerprint density at radius 1 is 1.42 bits per heavy atom. The lowest BCUT2D eigenvalue weighted by atomic mass is 10.1. The van der Waals surface area contributed by atoms with Gasteiger partial charge in [-0.15, -0.1) is 0 Å². The minimum Gasteiger partial charge on any atom is -0.465 e. The molecule has 0 aliphatic rings. The molecule has 1 aromatic heterocycles. The predicted molar refractivity (Wildman–Crippen MR) is 78.6 cm³/mol. The molecule has 0 spiro atoms. The van der Waals surface area contributed by atoms with Gasteiger partial charge in [-0.25, -0.2) is 4.79 Å². The topological polar surface area (TPSA) is 55.6 Å². The van der Waals surface area contributed by atoms with Crippen LogP contribution in [0.4, 0.5) is 11.4 Å². The monoisotopic (exact) mass is 276 g/mol. The van der Waals surface area contributed by atoms with Crippen molar-refractivity contribution in [2.24, 2.45) is 0 Å². The fourth-order valence-corrected chi connectivity index (χ4v) is 2.58. The molecule has 2 aromatic rings. The lowest BCUT2D eigenvalue weighted by Crippen LogP contribution is -2.19. The number of rotatable bonds is 4. The molecule has 1 aromatic carbocycles. The summed E-state index contributed by atoms with van der Waals surface area (Å²) in [5.74, 6) is -0.414. The van der Waals surface area contributed by atoms with Crippen LogP contribution >= 0.6 is 11.3 Å². The van der Waals surface area contributed by atoms with Crippen LogP contribution < -0.4 is 10.6 Å². The fraction of sp³-hybridized carbons (Fsp3) is 0.214. The Morgan fingerprint density at radius 3 is 2.84 bits per heavy atom. The number of carbonyl (C=O) groups is 1. The average molecular weight is 276 g/mol. The molecule has 0 aliphatic carbocycles. The smallest absolute Gasteiger partial charge is 0.340 e. The summed E-state index contributed by atoms with van der Waals surface area (Å²) >= 11 is 1.66. The molecule has 0 saturated heterocycles. The van der Waals surface area contributed by atoms with Crippen molar-refractivity contribution in [1.82, 2.24) is 0 Å². The summed E-state index contributed by atoms with van der Waals surface area (Å²) in [4.78, 5) is 13.6. The molecule has 0 bridgehead atoms. The number of nitrogens with zero attached hydrogens (tertiary/aromatic N) is 1. The molecule has 2 N–H and O–H groups in total. The number of hydrogen-bond donors (Lipinski definition) is 1. The number of para-hydroxylation sites is 1. The number of carbonyl (C=O) groups excluding carboxylic acids is 1. The van der Waals surface area contributed by atoms with Crippen molar-refractivity contribution in [1.29, 1.82) is 0 Å². The third-order valence-electron chi connectivity index (χ3n) is 2.90. The molecule has 5 heteroatoms. The number of nitrogen functional groups attached to an aromatic ring is 1. The Hall–Kier alpha value is -2.01. The Balaban J connectivity index is 2.27. The lowest BCUT2D eigenvalue weighted by Gasteiger charge is -2.21. The van der Waals surface area contributed by atoms with Gasteiger partial charge in [0.2, 0.25) is 0 Å². The number of benzene rings is 1. The zero-order chi connectivity index (χ0) is 13.8. The summed E-state index contributed by atoms with van der Waals surface area (Å²) in [5, 5.41) is 4.13. The van der Waals surface area contributed by atoms with Gasteiger partial charge in [0.1, 0.15) is 0 Å². The number of thiophene rings is 1. The molecule has 0 unspecified atom stereocenters. The maximum absolute atomic E-state index is 11.6. The molecule has 0 atom stereocenters. The van der Waals surface area contributed by atoms with E-state index in [0.29, 0.717) is 11.3 Å². The second-order valence-electron chi connectivity index (χ2n) is 4.22. The lowest BCUT2D eigenvalue weighted by molar-refractivity contribution is 0.0602. The normalized spacial score (nSPS) is 10.2. The summed E-state index contributed by atoms with van der Waals surface area (Å²) in [6, 6.07) is 7.45. The molecule has 100 valence electrons. The maximum Gasteiger partial charge on any atom is 0.340 e. The molecule has 19 heavy (non-hydrogen) atoms. The van der Waals surface area contributed by atoms with E-state index >= 15 is 0 Å². The van der Waals surface area contributed by atoms with Crippen LogP contribution in [-0.2, 0) is 11.3 Å². The first-order chi connectivity index (χ1) is 9.13. The number of nitrogens with two attached hydrogens (primary N) is 1. The van der Waals surface area contributed by atoms with Crippen molar-refractivity contribution in [3.63, 3.8) is 0 Å². The Morgan fingerprint density at radius 2 is 2.21 bits per heavy atom. The van der Waals surface area contributed by atoms with Crippen LogP contribution in [0.3, 0.4) is 0 Å². The molecule has 4 nitrogen and oxygen atoms in total. The van der Waals surface area contributed by atoms with Crippen LogP contribution in [0.15, 0.2) is 35.0 Å². The van der Waals surface area contributed by atoms with Crippen molar-refractivity contribution in [2.45, 2.75) is 6.54 Å². The van der Waals surface area contributed by atoms with Gasteiger partial charge in [-0.05, 0) is 34.5 Å². The molecule has 0 aliphatic heterocycles. The van der Waals surface area contributed by atoms with E-state index in [9.17, 15) is 4.79 Å². The van der Waals surface area contributed by atoms with E-state index in [1.165, 1.54) is 12.7 Å². The molecule has 0 amide bonds.